The van der Waals surface area contributed by atoms with Gasteiger partial charge in [0.15, 0.2) is 0 Å². The highest BCUT2D eigenvalue weighted by Crippen LogP contribution is 2.12. The molecule has 0 radical (unpaired) electrons. The average Bonchev–Trinajstić information content (AvgIpc) is 2.01. The summed E-state index contributed by atoms with van der Waals surface area (Å²) in [4.78, 5) is 10.0. The molecule has 14 heavy (non-hydrogen) atoms. The van der Waals surface area contributed by atoms with E-state index >= 15 is 0 Å². The second kappa shape index (κ2) is 4.05. The van der Waals surface area contributed by atoms with Gasteiger partial charge in [-0.2, -0.15) is 0 Å². The molecule has 3 heteroatoms. The largest absolute Gasteiger partial charge is 0.259 e. The molecule has 0 aliphatic carbocycles. The van der Waals surface area contributed by atoms with Crippen molar-refractivity contribution in [3.63, 3.8) is 0 Å². The van der Waals surface area contributed by atoms with E-state index in [2.05, 4.69) is 0 Å². The fourth-order valence-electron chi connectivity index (χ4n) is 1.39. The van der Waals surface area contributed by atoms with Gasteiger partial charge < -0.3 is 0 Å². The lowest BCUT2D eigenvalue weighted by Gasteiger charge is -1.99. The van der Waals surface area contributed by atoms with E-state index in [-0.39, 0.29) is 10.6 Å². The average molecular weight is 191 g/mol. The van der Waals surface area contributed by atoms with Crippen molar-refractivity contribution >= 4 is 6.08 Å². The lowest BCUT2D eigenvalue weighted by molar-refractivity contribution is -0.422. The Hall–Kier alpha value is -1.64. The topological polar surface area (TPSA) is 43.1 Å². The lowest BCUT2D eigenvalue weighted by atomic mass is 10.1. The van der Waals surface area contributed by atoms with Gasteiger partial charge in [-0.1, -0.05) is 29.3 Å². The quantitative estimate of drug-likeness (QED) is 0.532. The molecule has 1 aromatic carbocycles. The van der Waals surface area contributed by atoms with Crippen LogP contribution in [-0.2, 0) is 0 Å². The first-order valence-electron chi connectivity index (χ1n) is 4.40. The van der Waals surface area contributed by atoms with Crippen LogP contribution in [0.4, 0.5) is 0 Å². The van der Waals surface area contributed by atoms with Crippen LogP contribution in [0.5, 0.6) is 0 Å². The zero-order valence-electron chi connectivity index (χ0n) is 8.57. The number of nitrogens with zero attached hydrogens (tertiary/aromatic N) is 1. The van der Waals surface area contributed by atoms with Gasteiger partial charge in [0.2, 0.25) is 5.70 Å². The number of hydrogen-bond donors (Lipinski definition) is 0. The first-order chi connectivity index (χ1) is 6.49. The molecular formula is C11H13NO2. The number of rotatable bonds is 2. The van der Waals surface area contributed by atoms with Crippen molar-refractivity contribution in [2.24, 2.45) is 0 Å². The smallest absolute Gasteiger partial charge is 0.243 e. The summed E-state index contributed by atoms with van der Waals surface area (Å²) < 4.78 is 0. The number of hydrogen-bond acceptors (Lipinski definition) is 2. The normalized spacial score (nSPS) is 11.5. The van der Waals surface area contributed by atoms with E-state index in [0.29, 0.717) is 0 Å². The number of allylic oxidation sites excluding steroid dienone is 1. The minimum absolute atomic E-state index is 0.162. The van der Waals surface area contributed by atoms with E-state index in [1.165, 1.54) is 6.92 Å². The first-order valence-corrected chi connectivity index (χ1v) is 4.40. The summed E-state index contributed by atoms with van der Waals surface area (Å²) >= 11 is 0. The summed E-state index contributed by atoms with van der Waals surface area (Å²) in [6.45, 7) is 5.45. The van der Waals surface area contributed by atoms with E-state index in [9.17, 15) is 10.1 Å². The van der Waals surface area contributed by atoms with Crippen LogP contribution in [0.1, 0.15) is 23.6 Å². The highest BCUT2D eigenvalue weighted by Gasteiger charge is 2.02. The van der Waals surface area contributed by atoms with E-state index < -0.39 is 0 Å². The fourth-order valence-corrected chi connectivity index (χ4v) is 1.39. The molecule has 0 spiro atoms. The van der Waals surface area contributed by atoms with E-state index in [1.54, 1.807) is 6.08 Å². The predicted molar refractivity (Wildman–Crippen MR) is 56.6 cm³/mol. The summed E-state index contributed by atoms with van der Waals surface area (Å²) in [5.41, 5.74) is 3.28. The number of aryl methyl sites for hydroxylation is 2. The molecule has 0 unspecified atom stereocenters. The molecule has 0 aliphatic heterocycles. The van der Waals surface area contributed by atoms with Gasteiger partial charge in [-0.15, -0.1) is 0 Å². The molecule has 1 rings (SSSR count). The van der Waals surface area contributed by atoms with Gasteiger partial charge in [0, 0.05) is 13.0 Å². The molecule has 0 N–H and O–H groups in total. The Morgan fingerprint density at radius 2 is 1.79 bits per heavy atom. The maximum atomic E-state index is 10.4. The van der Waals surface area contributed by atoms with Crippen molar-refractivity contribution in [1.29, 1.82) is 0 Å². The second-order valence-electron chi connectivity index (χ2n) is 3.46. The van der Waals surface area contributed by atoms with Crippen molar-refractivity contribution in [2.45, 2.75) is 20.8 Å². The van der Waals surface area contributed by atoms with Gasteiger partial charge in [-0.3, -0.25) is 10.1 Å². The van der Waals surface area contributed by atoms with Crippen LogP contribution >= 0.6 is 0 Å². The van der Waals surface area contributed by atoms with Gasteiger partial charge in [-0.05, 0) is 19.4 Å². The molecule has 0 atom stereocenters. The van der Waals surface area contributed by atoms with Crippen LogP contribution in [-0.4, -0.2) is 4.92 Å². The molecule has 0 fully saturated rings. The van der Waals surface area contributed by atoms with E-state index in [4.69, 9.17) is 0 Å². The molecule has 0 saturated heterocycles. The van der Waals surface area contributed by atoms with Crippen LogP contribution in [0.3, 0.4) is 0 Å². The molecule has 1 aromatic rings. The Bertz CT molecular complexity index is 374. The van der Waals surface area contributed by atoms with Gasteiger partial charge in [0.05, 0.1) is 4.92 Å². The maximum absolute atomic E-state index is 10.4. The van der Waals surface area contributed by atoms with Crippen molar-refractivity contribution in [2.75, 3.05) is 0 Å². The van der Waals surface area contributed by atoms with Crippen LogP contribution in [0.15, 0.2) is 23.9 Å². The number of nitro groups is 1. The second-order valence-corrected chi connectivity index (χ2v) is 3.46. The van der Waals surface area contributed by atoms with Crippen LogP contribution < -0.4 is 0 Å². The molecule has 0 aromatic heterocycles. The van der Waals surface area contributed by atoms with Gasteiger partial charge in [-0.25, -0.2) is 0 Å². The molecule has 0 saturated carbocycles. The molecular weight excluding hydrogens is 178 g/mol. The Balaban J connectivity index is 3.08. The highest BCUT2D eigenvalue weighted by atomic mass is 16.6. The summed E-state index contributed by atoms with van der Waals surface area (Å²) in [5, 5.41) is 10.4. The standard InChI is InChI=1S/C11H13NO2/c1-8-4-9(2)6-11(5-8)7-10(3)12(13)14/h4-7H,1-3H3/b10-7+. The van der Waals surface area contributed by atoms with E-state index in [1.807, 2.05) is 32.0 Å². The molecule has 0 heterocycles. The van der Waals surface area contributed by atoms with Crippen molar-refractivity contribution < 1.29 is 4.92 Å². The summed E-state index contributed by atoms with van der Waals surface area (Å²) in [5.74, 6) is 0. The van der Waals surface area contributed by atoms with Crippen LogP contribution in [0.2, 0.25) is 0 Å². The fraction of sp³-hybridized carbons (Fsp3) is 0.273. The number of benzene rings is 1. The minimum atomic E-state index is -0.377. The van der Waals surface area contributed by atoms with Crippen LogP contribution in [0, 0.1) is 24.0 Å². The molecule has 3 nitrogen and oxygen atoms in total. The SMILES string of the molecule is C/C(=C\c1cc(C)cc(C)c1)[N+](=O)[O-]. The lowest BCUT2D eigenvalue weighted by Crippen LogP contribution is -1.93. The Kier molecular flexibility index (Phi) is 3.02. The Labute approximate surface area is 83.2 Å². The maximum Gasteiger partial charge on any atom is 0.243 e. The monoisotopic (exact) mass is 191 g/mol. The Morgan fingerprint density at radius 3 is 2.21 bits per heavy atom. The molecule has 74 valence electrons. The van der Waals surface area contributed by atoms with Crippen molar-refractivity contribution in [3.8, 4) is 0 Å². The van der Waals surface area contributed by atoms with Crippen LogP contribution in [0.25, 0.3) is 6.08 Å². The predicted octanol–water partition coefficient (Wildman–Crippen LogP) is 2.94. The van der Waals surface area contributed by atoms with Crippen molar-refractivity contribution in [1.82, 2.24) is 0 Å². The van der Waals surface area contributed by atoms with Gasteiger partial charge in [0.25, 0.3) is 0 Å². The zero-order chi connectivity index (χ0) is 10.7. The molecule has 0 aliphatic rings. The summed E-state index contributed by atoms with van der Waals surface area (Å²) in [6, 6.07) is 5.90. The summed E-state index contributed by atoms with van der Waals surface area (Å²) in [6.07, 6.45) is 1.58. The third-order valence-electron chi connectivity index (χ3n) is 1.91. The van der Waals surface area contributed by atoms with Gasteiger partial charge >= 0.3 is 0 Å². The minimum Gasteiger partial charge on any atom is -0.259 e. The highest BCUT2D eigenvalue weighted by molar-refractivity contribution is 5.52. The Morgan fingerprint density at radius 1 is 1.29 bits per heavy atom. The zero-order valence-corrected chi connectivity index (χ0v) is 8.57. The third kappa shape index (κ3) is 2.69. The first kappa shape index (κ1) is 10.4. The van der Waals surface area contributed by atoms with E-state index in [0.717, 1.165) is 16.7 Å². The van der Waals surface area contributed by atoms with Crippen molar-refractivity contribution in [3.05, 3.63) is 50.7 Å². The third-order valence-corrected chi connectivity index (χ3v) is 1.91. The molecule has 0 bridgehead atoms. The van der Waals surface area contributed by atoms with Gasteiger partial charge in [0.1, 0.15) is 0 Å². The molecule has 0 amide bonds. The summed E-state index contributed by atoms with van der Waals surface area (Å²) in [7, 11) is 0.